The van der Waals surface area contributed by atoms with Crippen molar-refractivity contribution in [1.29, 1.82) is 0 Å². The first-order valence-electron chi connectivity index (χ1n) is 5.68. The molecule has 5 heteroatoms. The summed E-state index contributed by atoms with van der Waals surface area (Å²) >= 11 is 0. The topological polar surface area (TPSA) is 51.8 Å². The molecule has 0 aliphatic heterocycles. The molecule has 94 valence electrons. The smallest absolute Gasteiger partial charge is 0.168 e. The Morgan fingerprint density at radius 2 is 2.00 bits per heavy atom. The third kappa shape index (κ3) is 2.16. The second-order valence-electron chi connectivity index (χ2n) is 3.94. The number of benzene rings is 1. The molecule has 0 spiro atoms. The number of nitrogen functional groups attached to an aromatic ring is 1. The molecule has 0 bridgehead atoms. The summed E-state index contributed by atoms with van der Waals surface area (Å²) in [6.45, 7) is 1.97. The molecule has 0 amide bonds. The number of hydrogen-bond donors (Lipinski definition) is 1. The molecule has 2 rings (SSSR count). The van der Waals surface area contributed by atoms with Crippen LogP contribution in [0.2, 0.25) is 0 Å². The van der Waals surface area contributed by atoms with Crippen LogP contribution in [0.4, 0.5) is 14.6 Å². The van der Waals surface area contributed by atoms with Crippen LogP contribution in [0.15, 0.2) is 24.5 Å². The van der Waals surface area contributed by atoms with Gasteiger partial charge in [-0.15, -0.1) is 0 Å². The van der Waals surface area contributed by atoms with Gasteiger partial charge < -0.3 is 5.73 Å². The Morgan fingerprint density at radius 3 is 2.72 bits per heavy atom. The lowest BCUT2D eigenvalue weighted by Crippen LogP contribution is -2.03. The van der Waals surface area contributed by atoms with E-state index in [1.165, 1.54) is 18.5 Å². The zero-order valence-corrected chi connectivity index (χ0v) is 9.95. The molecule has 0 atom stereocenters. The maximum Gasteiger partial charge on any atom is 0.168 e. The van der Waals surface area contributed by atoms with Crippen molar-refractivity contribution in [3.63, 3.8) is 0 Å². The van der Waals surface area contributed by atoms with Gasteiger partial charge in [-0.25, -0.2) is 18.7 Å². The van der Waals surface area contributed by atoms with Gasteiger partial charge >= 0.3 is 0 Å². The monoisotopic (exact) mass is 249 g/mol. The lowest BCUT2D eigenvalue weighted by atomic mass is 10.0. The predicted molar refractivity (Wildman–Crippen MR) is 65.8 cm³/mol. The summed E-state index contributed by atoms with van der Waals surface area (Å²) in [5.74, 6) is -1.49. The van der Waals surface area contributed by atoms with Crippen LogP contribution in [-0.4, -0.2) is 9.97 Å². The van der Waals surface area contributed by atoms with Crippen molar-refractivity contribution in [3.8, 4) is 11.3 Å². The SMILES string of the molecule is CCCc1c(N)ncnc1-c1cccc(F)c1F. The normalized spacial score (nSPS) is 10.6. The van der Waals surface area contributed by atoms with Crippen molar-refractivity contribution in [2.24, 2.45) is 0 Å². The van der Waals surface area contributed by atoms with Crippen molar-refractivity contribution in [2.75, 3.05) is 5.73 Å². The first-order valence-corrected chi connectivity index (χ1v) is 5.68. The van der Waals surface area contributed by atoms with Gasteiger partial charge in [0.1, 0.15) is 12.1 Å². The van der Waals surface area contributed by atoms with Crippen molar-refractivity contribution < 1.29 is 8.78 Å². The van der Waals surface area contributed by atoms with Gasteiger partial charge in [0.05, 0.1) is 5.69 Å². The van der Waals surface area contributed by atoms with E-state index >= 15 is 0 Å². The minimum atomic E-state index is -0.909. The molecular formula is C13H13F2N3. The zero-order chi connectivity index (χ0) is 13.1. The Bertz CT molecular complexity index is 570. The summed E-state index contributed by atoms with van der Waals surface area (Å²) in [4.78, 5) is 7.92. The minimum absolute atomic E-state index is 0.118. The summed E-state index contributed by atoms with van der Waals surface area (Å²) in [6, 6.07) is 4.00. The summed E-state index contributed by atoms with van der Waals surface area (Å²) in [5, 5.41) is 0. The van der Waals surface area contributed by atoms with Gasteiger partial charge in [0, 0.05) is 11.1 Å². The van der Waals surface area contributed by atoms with Crippen LogP contribution >= 0.6 is 0 Å². The Hall–Kier alpha value is -2.04. The number of aromatic nitrogens is 2. The number of anilines is 1. The fourth-order valence-corrected chi connectivity index (χ4v) is 1.84. The molecular weight excluding hydrogens is 236 g/mol. The van der Waals surface area contributed by atoms with Crippen molar-refractivity contribution in [3.05, 3.63) is 41.7 Å². The van der Waals surface area contributed by atoms with Gasteiger partial charge in [0.25, 0.3) is 0 Å². The highest BCUT2D eigenvalue weighted by molar-refractivity contribution is 5.67. The van der Waals surface area contributed by atoms with Crippen molar-refractivity contribution >= 4 is 5.82 Å². The summed E-state index contributed by atoms with van der Waals surface area (Å²) < 4.78 is 27.0. The van der Waals surface area contributed by atoms with E-state index in [-0.39, 0.29) is 5.56 Å². The highest BCUT2D eigenvalue weighted by Gasteiger charge is 2.16. The van der Waals surface area contributed by atoms with E-state index in [9.17, 15) is 8.78 Å². The molecule has 18 heavy (non-hydrogen) atoms. The summed E-state index contributed by atoms with van der Waals surface area (Å²) in [5.41, 5.74) is 6.90. The highest BCUT2D eigenvalue weighted by atomic mass is 19.2. The van der Waals surface area contributed by atoms with Gasteiger partial charge in [0.2, 0.25) is 0 Å². The summed E-state index contributed by atoms with van der Waals surface area (Å²) in [7, 11) is 0. The first-order chi connectivity index (χ1) is 8.65. The second kappa shape index (κ2) is 5.08. The van der Waals surface area contributed by atoms with E-state index in [1.54, 1.807) is 0 Å². The molecule has 0 radical (unpaired) electrons. The van der Waals surface area contributed by atoms with Gasteiger partial charge in [-0.2, -0.15) is 0 Å². The predicted octanol–water partition coefficient (Wildman–Crippen LogP) is 2.96. The van der Waals surface area contributed by atoms with Crippen LogP contribution in [0.3, 0.4) is 0 Å². The fraction of sp³-hybridized carbons (Fsp3) is 0.231. The number of halogens is 2. The van der Waals surface area contributed by atoms with Crippen LogP contribution in [-0.2, 0) is 6.42 Å². The average Bonchev–Trinajstić information content (AvgIpc) is 2.36. The van der Waals surface area contributed by atoms with Crippen LogP contribution < -0.4 is 5.73 Å². The molecule has 1 heterocycles. The number of nitrogens with two attached hydrogens (primary N) is 1. The molecule has 1 aromatic heterocycles. The van der Waals surface area contributed by atoms with Crippen molar-refractivity contribution in [2.45, 2.75) is 19.8 Å². The van der Waals surface area contributed by atoms with E-state index in [0.29, 0.717) is 23.5 Å². The maximum atomic E-state index is 13.8. The van der Waals surface area contributed by atoms with Crippen LogP contribution in [0, 0.1) is 11.6 Å². The molecule has 1 aromatic carbocycles. The van der Waals surface area contributed by atoms with Crippen LogP contribution in [0.25, 0.3) is 11.3 Å². The Kier molecular flexibility index (Phi) is 3.50. The van der Waals surface area contributed by atoms with E-state index < -0.39 is 11.6 Å². The lowest BCUT2D eigenvalue weighted by molar-refractivity contribution is 0.511. The quantitative estimate of drug-likeness (QED) is 0.909. The summed E-state index contributed by atoms with van der Waals surface area (Å²) in [6.07, 6.45) is 2.70. The Morgan fingerprint density at radius 1 is 1.22 bits per heavy atom. The van der Waals surface area contributed by atoms with Crippen LogP contribution in [0.1, 0.15) is 18.9 Å². The number of rotatable bonds is 3. The lowest BCUT2D eigenvalue weighted by Gasteiger charge is -2.10. The van der Waals surface area contributed by atoms with Crippen LogP contribution in [0.5, 0.6) is 0 Å². The number of nitrogens with zero attached hydrogens (tertiary/aromatic N) is 2. The van der Waals surface area contributed by atoms with Gasteiger partial charge in [-0.3, -0.25) is 0 Å². The molecule has 2 N–H and O–H groups in total. The molecule has 2 aromatic rings. The highest BCUT2D eigenvalue weighted by Crippen LogP contribution is 2.28. The zero-order valence-electron chi connectivity index (χ0n) is 9.95. The van der Waals surface area contributed by atoms with E-state index in [1.807, 2.05) is 6.92 Å². The molecule has 0 unspecified atom stereocenters. The Labute approximate surface area is 104 Å². The fourth-order valence-electron chi connectivity index (χ4n) is 1.84. The third-order valence-electron chi connectivity index (χ3n) is 2.69. The Balaban J connectivity index is 2.63. The standard InChI is InChI=1S/C13H13F2N3/c1-2-4-9-12(17-7-18-13(9)16)8-5-3-6-10(14)11(8)15/h3,5-7H,2,4H2,1H3,(H2,16,17,18). The molecule has 0 fully saturated rings. The van der Waals surface area contributed by atoms with E-state index in [2.05, 4.69) is 9.97 Å². The average molecular weight is 249 g/mol. The molecule has 0 aliphatic carbocycles. The van der Waals surface area contributed by atoms with E-state index in [0.717, 1.165) is 12.5 Å². The third-order valence-corrected chi connectivity index (χ3v) is 2.69. The number of hydrogen-bond acceptors (Lipinski definition) is 3. The van der Waals surface area contributed by atoms with Gasteiger partial charge in [-0.05, 0) is 18.6 Å². The molecule has 0 aliphatic rings. The maximum absolute atomic E-state index is 13.8. The van der Waals surface area contributed by atoms with Gasteiger partial charge in [0.15, 0.2) is 11.6 Å². The molecule has 0 saturated heterocycles. The molecule has 3 nitrogen and oxygen atoms in total. The first kappa shape index (κ1) is 12.4. The molecule has 0 saturated carbocycles. The van der Waals surface area contributed by atoms with Gasteiger partial charge in [-0.1, -0.05) is 19.4 Å². The minimum Gasteiger partial charge on any atom is -0.383 e. The van der Waals surface area contributed by atoms with Crippen molar-refractivity contribution in [1.82, 2.24) is 9.97 Å². The second-order valence-corrected chi connectivity index (χ2v) is 3.94. The largest absolute Gasteiger partial charge is 0.383 e. The van der Waals surface area contributed by atoms with E-state index in [4.69, 9.17) is 5.73 Å².